The zero-order valence-corrected chi connectivity index (χ0v) is 3.77. The van der Waals surface area contributed by atoms with E-state index in [9.17, 15) is 0 Å². The van der Waals surface area contributed by atoms with Gasteiger partial charge in [0, 0.05) is 0 Å². The zero-order chi connectivity index (χ0) is 4.41. The maximum absolute atomic E-state index is 5.29. The van der Waals surface area contributed by atoms with Crippen LogP contribution in [0.25, 0.3) is 0 Å². The van der Waals surface area contributed by atoms with E-state index in [4.69, 9.17) is 11.6 Å². The van der Waals surface area contributed by atoms with Crippen molar-refractivity contribution in [3.8, 4) is 0 Å². The molecule has 0 saturated heterocycles. The third-order valence-electron chi connectivity index (χ3n) is 0.486. The molecule has 0 aliphatic carbocycles. The van der Waals surface area contributed by atoms with Crippen molar-refractivity contribution < 1.29 is 4.33 Å². The van der Waals surface area contributed by atoms with E-state index >= 15 is 0 Å². The fourth-order valence-corrected chi connectivity index (χ4v) is 0.383. The van der Waals surface area contributed by atoms with Crippen LogP contribution in [0.5, 0.6) is 0 Å². The SMILES string of the molecule is Clc1ccbo1. The molecule has 1 nitrogen and oxygen atoms in total. The monoisotopic (exact) mass is 100.0 g/mol. The van der Waals surface area contributed by atoms with Gasteiger partial charge in [-0.1, -0.05) is 0 Å². The molecule has 0 fully saturated rings. The van der Waals surface area contributed by atoms with Gasteiger partial charge in [0.2, 0.25) is 0 Å². The topological polar surface area (TPSA) is 13.1 Å². The van der Waals surface area contributed by atoms with Gasteiger partial charge in [-0.2, -0.15) is 0 Å². The van der Waals surface area contributed by atoms with Gasteiger partial charge >= 0.3 is 40.3 Å². The third-order valence-corrected chi connectivity index (χ3v) is 0.702. The van der Waals surface area contributed by atoms with Crippen molar-refractivity contribution in [1.29, 1.82) is 0 Å². The Labute approximate surface area is 41.2 Å². The second-order valence-electron chi connectivity index (χ2n) is 0.917. The summed E-state index contributed by atoms with van der Waals surface area (Å²) in [4.78, 5) is 0. The summed E-state index contributed by atoms with van der Waals surface area (Å²) in [6.45, 7) is 0. The minimum absolute atomic E-state index is 0.440. The van der Waals surface area contributed by atoms with Crippen LogP contribution in [-0.2, 0) is 0 Å². The van der Waals surface area contributed by atoms with Crippen LogP contribution in [0.1, 0.15) is 0 Å². The van der Waals surface area contributed by atoms with E-state index in [1.54, 1.807) is 12.0 Å². The quantitative estimate of drug-likeness (QED) is 0.478. The van der Waals surface area contributed by atoms with E-state index < -0.39 is 0 Å². The summed E-state index contributed by atoms with van der Waals surface area (Å²) in [6.07, 6.45) is 0. The van der Waals surface area contributed by atoms with Gasteiger partial charge in [-0.15, -0.1) is 0 Å². The molecule has 0 spiro atoms. The van der Waals surface area contributed by atoms with Crippen LogP contribution in [0.15, 0.2) is 16.4 Å². The van der Waals surface area contributed by atoms with Gasteiger partial charge in [-0.05, 0) is 0 Å². The van der Waals surface area contributed by atoms with Gasteiger partial charge in [0.15, 0.2) is 0 Å². The molecule has 0 aromatic carbocycles. The summed E-state index contributed by atoms with van der Waals surface area (Å²) in [5.41, 5.74) is 0. The molecule has 0 N–H and O–H groups in total. The van der Waals surface area contributed by atoms with Crippen molar-refractivity contribution in [3.05, 3.63) is 17.2 Å². The fraction of sp³-hybridized carbons (Fsp3) is 0. The Bertz CT molecular complexity index is 114. The molecular weight excluding hydrogens is 98.3 g/mol. The molecule has 0 amide bonds. The molecule has 1 aromatic rings. The molecule has 1 aromatic heterocycles. The molecule has 0 unspecified atom stereocenters. The van der Waals surface area contributed by atoms with Gasteiger partial charge in [0.05, 0.1) is 0 Å². The van der Waals surface area contributed by atoms with Crippen molar-refractivity contribution >= 4 is 18.7 Å². The van der Waals surface area contributed by atoms with Crippen LogP contribution in [-0.4, -0.2) is 7.13 Å². The Hall–Kier alpha value is -0.235. The third kappa shape index (κ3) is 0.629. The second-order valence-corrected chi connectivity index (χ2v) is 1.29. The summed E-state index contributed by atoms with van der Waals surface area (Å²) < 4.78 is 4.60. The van der Waals surface area contributed by atoms with Crippen LogP contribution in [0.3, 0.4) is 0 Å². The average molecular weight is 100 g/mol. The van der Waals surface area contributed by atoms with Gasteiger partial charge < -0.3 is 0 Å². The summed E-state index contributed by atoms with van der Waals surface area (Å²) >= 11 is 5.29. The molecule has 6 heavy (non-hydrogen) atoms. The van der Waals surface area contributed by atoms with E-state index in [-0.39, 0.29) is 0 Å². The second kappa shape index (κ2) is 1.48. The van der Waals surface area contributed by atoms with Gasteiger partial charge in [-0.3, -0.25) is 0 Å². The van der Waals surface area contributed by atoms with Crippen LogP contribution < -0.4 is 0 Å². The van der Waals surface area contributed by atoms with Crippen LogP contribution in [0.2, 0.25) is 5.22 Å². The first-order valence-electron chi connectivity index (χ1n) is 1.58. The summed E-state index contributed by atoms with van der Waals surface area (Å²) in [7, 11) is 1.53. The average Bonchev–Trinajstić information content (AvgIpc) is 1.86. The number of rotatable bonds is 0. The molecule has 0 saturated carbocycles. The zero-order valence-electron chi connectivity index (χ0n) is 3.02. The van der Waals surface area contributed by atoms with Gasteiger partial charge in [0.1, 0.15) is 0 Å². The van der Waals surface area contributed by atoms with Crippen molar-refractivity contribution in [2.75, 3.05) is 0 Å². The molecule has 0 atom stereocenters. The molecule has 30 valence electrons. The predicted octanol–water partition coefficient (Wildman–Crippen LogP) is 1.27. The van der Waals surface area contributed by atoms with Crippen molar-refractivity contribution in [2.45, 2.75) is 0 Å². The maximum atomic E-state index is 5.29. The number of halogens is 1. The van der Waals surface area contributed by atoms with E-state index in [1.807, 2.05) is 0 Å². The van der Waals surface area contributed by atoms with Gasteiger partial charge in [0.25, 0.3) is 0 Å². The van der Waals surface area contributed by atoms with E-state index in [1.165, 1.54) is 7.13 Å². The van der Waals surface area contributed by atoms with Crippen molar-refractivity contribution in [1.82, 2.24) is 0 Å². The minimum atomic E-state index is 0.440. The molecule has 0 aliphatic heterocycles. The Morgan fingerprint density at radius 1 is 1.83 bits per heavy atom. The summed E-state index contributed by atoms with van der Waals surface area (Å²) in [6, 6.07) is 1.68. The Kier molecular flexibility index (Phi) is 0.969. The fourth-order valence-electron chi connectivity index (χ4n) is 0.259. The molecular formula is C3H2BClO. The van der Waals surface area contributed by atoms with E-state index in [0.29, 0.717) is 5.22 Å². The molecule has 0 bridgehead atoms. The van der Waals surface area contributed by atoms with E-state index in [0.717, 1.165) is 0 Å². The number of hydrogen-bond donors (Lipinski definition) is 0. The Morgan fingerprint density at radius 3 is 2.83 bits per heavy atom. The first-order valence-corrected chi connectivity index (χ1v) is 1.96. The van der Waals surface area contributed by atoms with Crippen LogP contribution in [0, 0.1) is 0 Å². The molecule has 0 radical (unpaired) electrons. The normalized spacial score (nSPS) is 8.17. The molecule has 1 heterocycles. The number of hydrogen-bond acceptors (Lipinski definition) is 1. The Balaban J connectivity index is 3.05. The van der Waals surface area contributed by atoms with Gasteiger partial charge in [-0.25, -0.2) is 0 Å². The summed E-state index contributed by atoms with van der Waals surface area (Å²) in [5.74, 6) is 1.74. The predicted molar refractivity (Wildman–Crippen MR) is 25.1 cm³/mol. The van der Waals surface area contributed by atoms with Crippen molar-refractivity contribution in [3.63, 3.8) is 0 Å². The summed E-state index contributed by atoms with van der Waals surface area (Å²) in [5, 5.41) is 0.440. The van der Waals surface area contributed by atoms with Crippen molar-refractivity contribution in [2.24, 2.45) is 0 Å². The first-order chi connectivity index (χ1) is 2.89. The van der Waals surface area contributed by atoms with E-state index in [2.05, 4.69) is 4.33 Å². The van der Waals surface area contributed by atoms with Crippen LogP contribution >= 0.6 is 11.6 Å². The molecule has 3 heteroatoms. The Morgan fingerprint density at radius 2 is 2.67 bits per heavy atom. The molecule has 1 rings (SSSR count). The molecule has 0 aliphatic rings. The first kappa shape index (κ1) is 3.94. The standard InChI is InChI=1S/C3H2BClO/c5-3-1-2-4-6-3/h1-2H. The van der Waals surface area contributed by atoms with Crippen LogP contribution in [0.4, 0.5) is 0 Å².